The Morgan fingerprint density at radius 1 is 1.17 bits per heavy atom. The number of carbonyl (C=O) groups is 2. The van der Waals surface area contributed by atoms with Crippen LogP contribution in [0.2, 0.25) is 0 Å². The molecule has 12 heavy (non-hydrogen) atoms. The third-order valence-electron chi connectivity index (χ3n) is 1.17. The Bertz CT molecular complexity index is 134. The molecule has 0 aromatic rings. The maximum atomic E-state index is 10.2. The van der Waals surface area contributed by atoms with E-state index in [2.05, 4.69) is 0 Å². The molecule has 0 aliphatic rings. The predicted molar refractivity (Wildman–Crippen MR) is 48.2 cm³/mol. The molecule has 0 aromatic carbocycles. The van der Waals surface area contributed by atoms with Gasteiger partial charge in [0.05, 0.1) is 0 Å². The van der Waals surface area contributed by atoms with Crippen molar-refractivity contribution >= 4 is 36.8 Å². The number of carboxylic acids is 2. The van der Waals surface area contributed by atoms with Gasteiger partial charge in [-0.05, 0) is 6.42 Å². The molecule has 0 saturated carbocycles. The van der Waals surface area contributed by atoms with Crippen LogP contribution >= 0.6 is 24.8 Å². The zero-order chi connectivity index (χ0) is 8.15. The van der Waals surface area contributed by atoms with Crippen LogP contribution in [0.15, 0.2) is 0 Å². The van der Waals surface area contributed by atoms with E-state index < -0.39 is 17.9 Å². The Balaban J connectivity index is -0.000000405. The second-order valence-electron chi connectivity index (χ2n) is 2.02. The monoisotopic (exact) mass is 218 g/mol. The summed E-state index contributed by atoms with van der Waals surface area (Å²) in [6.45, 7) is 1.75. The molecule has 0 atom stereocenters. The molecule has 4 nitrogen and oxygen atoms in total. The molecular formula is C6H12Cl2O4. The van der Waals surface area contributed by atoms with E-state index in [0.29, 0.717) is 6.42 Å². The van der Waals surface area contributed by atoms with Crippen LogP contribution in [-0.4, -0.2) is 22.2 Å². The van der Waals surface area contributed by atoms with Crippen molar-refractivity contribution in [2.45, 2.75) is 19.8 Å². The second kappa shape index (κ2) is 8.62. The minimum absolute atomic E-state index is 0. The molecule has 0 unspecified atom stereocenters. The normalized spacial score (nSPS) is 8.17. The molecule has 0 fully saturated rings. The maximum absolute atomic E-state index is 10.2. The topological polar surface area (TPSA) is 74.6 Å². The van der Waals surface area contributed by atoms with Crippen LogP contribution in [-0.2, 0) is 9.59 Å². The Hall–Kier alpha value is -0.480. The Morgan fingerprint density at radius 2 is 1.50 bits per heavy atom. The zero-order valence-corrected chi connectivity index (χ0v) is 8.15. The summed E-state index contributed by atoms with van der Waals surface area (Å²) in [6.07, 6.45) is 0.772. The van der Waals surface area contributed by atoms with E-state index in [1.165, 1.54) is 0 Å². The van der Waals surface area contributed by atoms with Gasteiger partial charge in [0.15, 0.2) is 5.92 Å². The zero-order valence-electron chi connectivity index (χ0n) is 6.52. The molecule has 0 saturated heterocycles. The average molecular weight is 219 g/mol. The highest BCUT2D eigenvalue weighted by molar-refractivity contribution is 5.92. The van der Waals surface area contributed by atoms with Crippen LogP contribution in [0.4, 0.5) is 0 Å². The number of aliphatic carboxylic acids is 2. The van der Waals surface area contributed by atoms with Gasteiger partial charge < -0.3 is 10.2 Å². The Morgan fingerprint density at radius 3 is 1.58 bits per heavy atom. The largest absolute Gasteiger partial charge is 0.481 e. The van der Waals surface area contributed by atoms with Gasteiger partial charge in [-0.3, -0.25) is 9.59 Å². The molecule has 74 valence electrons. The van der Waals surface area contributed by atoms with Crippen molar-refractivity contribution in [3.8, 4) is 0 Å². The third-order valence-corrected chi connectivity index (χ3v) is 1.17. The fourth-order valence-electron chi connectivity index (χ4n) is 0.641. The molecule has 0 spiro atoms. The van der Waals surface area contributed by atoms with E-state index >= 15 is 0 Å². The minimum Gasteiger partial charge on any atom is -0.481 e. The molecule has 0 rings (SSSR count). The molecule has 0 heterocycles. The summed E-state index contributed by atoms with van der Waals surface area (Å²) in [5, 5.41) is 16.6. The van der Waals surface area contributed by atoms with Crippen LogP contribution in [0.25, 0.3) is 0 Å². The molecule has 2 N–H and O–H groups in total. The fraction of sp³-hybridized carbons (Fsp3) is 0.667. The first-order valence-electron chi connectivity index (χ1n) is 3.05. The Kier molecular flexibility index (Phi) is 12.6. The number of halogens is 2. The molecule has 0 aliphatic carbocycles. The summed E-state index contributed by atoms with van der Waals surface area (Å²) < 4.78 is 0. The number of hydrogen-bond acceptors (Lipinski definition) is 2. The summed E-state index contributed by atoms with van der Waals surface area (Å²) in [5.74, 6) is -3.74. The van der Waals surface area contributed by atoms with Gasteiger partial charge in [0.2, 0.25) is 0 Å². The van der Waals surface area contributed by atoms with Gasteiger partial charge >= 0.3 is 11.9 Å². The van der Waals surface area contributed by atoms with Crippen LogP contribution in [0.1, 0.15) is 19.8 Å². The van der Waals surface area contributed by atoms with Crippen molar-refractivity contribution < 1.29 is 19.8 Å². The van der Waals surface area contributed by atoms with Gasteiger partial charge in [-0.1, -0.05) is 13.3 Å². The quantitative estimate of drug-likeness (QED) is 0.701. The lowest BCUT2D eigenvalue weighted by molar-refractivity contribution is -0.154. The van der Waals surface area contributed by atoms with E-state index in [-0.39, 0.29) is 31.2 Å². The van der Waals surface area contributed by atoms with Crippen molar-refractivity contribution in [1.29, 1.82) is 0 Å². The highest BCUT2D eigenvalue weighted by Gasteiger charge is 2.23. The molecular weight excluding hydrogens is 207 g/mol. The number of hydrogen-bond donors (Lipinski definition) is 2. The van der Waals surface area contributed by atoms with E-state index in [4.69, 9.17) is 10.2 Å². The highest BCUT2D eigenvalue weighted by atomic mass is 35.5. The molecule has 0 aliphatic heterocycles. The smallest absolute Gasteiger partial charge is 0.317 e. The molecule has 6 heteroatoms. The lowest BCUT2D eigenvalue weighted by Gasteiger charge is -2.02. The molecule has 0 radical (unpaired) electrons. The Labute approximate surface area is 82.8 Å². The van der Waals surface area contributed by atoms with Gasteiger partial charge in [0, 0.05) is 0 Å². The van der Waals surface area contributed by atoms with Crippen molar-refractivity contribution in [2.75, 3.05) is 0 Å². The standard InChI is InChI=1S/C6H10O4.2ClH/c1-2-3-4(5(7)8)6(9)10;;/h4H,2-3H2,1H3,(H,7,8)(H,9,10);2*1H. The van der Waals surface area contributed by atoms with E-state index in [1.807, 2.05) is 0 Å². The maximum Gasteiger partial charge on any atom is 0.317 e. The van der Waals surface area contributed by atoms with Crippen molar-refractivity contribution in [1.82, 2.24) is 0 Å². The van der Waals surface area contributed by atoms with Crippen LogP contribution in [0, 0.1) is 5.92 Å². The summed E-state index contributed by atoms with van der Waals surface area (Å²) in [6, 6.07) is 0. The number of rotatable bonds is 4. The fourth-order valence-corrected chi connectivity index (χ4v) is 0.641. The van der Waals surface area contributed by atoms with Gasteiger partial charge in [-0.15, -0.1) is 24.8 Å². The third kappa shape index (κ3) is 6.24. The van der Waals surface area contributed by atoms with Crippen LogP contribution in [0.5, 0.6) is 0 Å². The SMILES string of the molecule is CCCC(C(=O)O)C(=O)O.Cl.Cl. The molecule has 0 amide bonds. The highest BCUT2D eigenvalue weighted by Crippen LogP contribution is 2.05. The minimum atomic E-state index is -1.26. The first-order chi connectivity index (χ1) is 4.59. The average Bonchev–Trinajstić information content (AvgIpc) is 1.81. The predicted octanol–water partition coefficient (Wildman–Crippen LogP) is 1.42. The van der Waals surface area contributed by atoms with E-state index in [9.17, 15) is 9.59 Å². The van der Waals surface area contributed by atoms with E-state index in [0.717, 1.165) is 0 Å². The lowest BCUT2D eigenvalue weighted by atomic mass is 10.1. The van der Waals surface area contributed by atoms with E-state index in [1.54, 1.807) is 6.92 Å². The van der Waals surface area contributed by atoms with Crippen LogP contribution < -0.4 is 0 Å². The van der Waals surface area contributed by atoms with Gasteiger partial charge in [0.25, 0.3) is 0 Å². The molecule has 0 bridgehead atoms. The van der Waals surface area contributed by atoms with Crippen molar-refractivity contribution in [3.05, 3.63) is 0 Å². The summed E-state index contributed by atoms with van der Waals surface area (Å²) in [5.41, 5.74) is 0. The number of carboxylic acid groups (broad SMARTS) is 2. The van der Waals surface area contributed by atoms with Gasteiger partial charge in [-0.25, -0.2) is 0 Å². The van der Waals surface area contributed by atoms with Gasteiger partial charge in [-0.2, -0.15) is 0 Å². The first-order valence-corrected chi connectivity index (χ1v) is 3.05. The lowest BCUT2D eigenvalue weighted by Crippen LogP contribution is -2.22. The first kappa shape index (κ1) is 17.6. The molecule has 0 aromatic heterocycles. The summed E-state index contributed by atoms with van der Waals surface area (Å²) in [7, 11) is 0. The van der Waals surface area contributed by atoms with Gasteiger partial charge in [0.1, 0.15) is 0 Å². The second-order valence-corrected chi connectivity index (χ2v) is 2.02. The van der Waals surface area contributed by atoms with Crippen molar-refractivity contribution in [3.63, 3.8) is 0 Å². The summed E-state index contributed by atoms with van der Waals surface area (Å²) in [4.78, 5) is 20.3. The van der Waals surface area contributed by atoms with Crippen LogP contribution in [0.3, 0.4) is 0 Å². The van der Waals surface area contributed by atoms with Crippen molar-refractivity contribution in [2.24, 2.45) is 5.92 Å². The summed E-state index contributed by atoms with van der Waals surface area (Å²) >= 11 is 0.